The second-order valence-electron chi connectivity index (χ2n) is 7.13. The van der Waals surface area contributed by atoms with Crippen molar-refractivity contribution in [2.24, 2.45) is 0 Å². The summed E-state index contributed by atoms with van der Waals surface area (Å²) in [5, 5.41) is 4.41. The topological polar surface area (TPSA) is 61.9 Å². The molecule has 0 aromatic heterocycles. The van der Waals surface area contributed by atoms with E-state index in [0.717, 1.165) is 11.1 Å². The largest absolute Gasteiger partial charge is 0.355 e. The number of ether oxygens (including phenoxy) is 1. The summed E-state index contributed by atoms with van der Waals surface area (Å²) < 4.78 is 5.58. The van der Waals surface area contributed by atoms with Crippen LogP contribution in [0.2, 0.25) is 15.1 Å². The number of benzene rings is 2. The van der Waals surface area contributed by atoms with Crippen LogP contribution in [0.1, 0.15) is 18.1 Å². The van der Waals surface area contributed by atoms with Gasteiger partial charge in [-0.25, -0.2) is 4.79 Å². The van der Waals surface area contributed by atoms with E-state index in [2.05, 4.69) is 5.32 Å². The number of carbonyl (C=O) groups excluding carboxylic acids is 2. The third-order valence-electron chi connectivity index (χ3n) is 4.93. The van der Waals surface area contributed by atoms with Gasteiger partial charge in [-0.05, 0) is 42.3 Å². The van der Waals surface area contributed by atoms with E-state index in [1.165, 1.54) is 4.90 Å². The van der Waals surface area contributed by atoms with Crippen LogP contribution < -0.4 is 5.32 Å². The zero-order valence-corrected chi connectivity index (χ0v) is 18.8. The van der Waals surface area contributed by atoms with Crippen molar-refractivity contribution in [3.8, 4) is 0 Å². The van der Waals surface area contributed by atoms with E-state index < -0.39 is 18.2 Å². The lowest BCUT2D eigenvalue weighted by atomic mass is 10.1. The number of nitrogens with zero attached hydrogens (tertiary/aromatic N) is 2. The van der Waals surface area contributed by atoms with Crippen LogP contribution in [0.5, 0.6) is 0 Å². The lowest BCUT2D eigenvalue weighted by molar-refractivity contribution is -0.135. The van der Waals surface area contributed by atoms with Gasteiger partial charge in [-0.1, -0.05) is 53.0 Å². The Morgan fingerprint density at radius 3 is 2.47 bits per heavy atom. The minimum absolute atomic E-state index is 0.0343. The van der Waals surface area contributed by atoms with Crippen LogP contribution in [0.3, 0.4) is 0 Å². The summed E-state index contributed by atoms with van der Waals surface area (Å²) in [6.07, 6.45) is -0.421. The highest BCUT2D eigenvalue weighted by molar-refractivity contribution is 6.35. The van der Waals surface area contributed by atoms with E-state index in [4.69, 9.17) is 39.5 Å². The molecule has 160 valence electrons. The molecule has 0 aliphatic carbocycles. The first-order valence-electron chi connectivity index (χ1n) is 9.35. The molecule has 0 saturated carbocycles. The molecular formula is C21H22Cl3N3O3. The molecule has 0 bridgehead atoms. The Bertz CT molecular complexity index is 923. The van der Waals surface area contributed by atoms with Crippen molar-refractivity contribution >= 4 is 46.7 Å². The smallest absolute Gasteiger partial charge is 0.320 e. The van der Waals surface area contributed by atoms with Gasteiger partial charge in [0.1, 0.15) is 12.8 Å². The molecule has 0 unspecified atom stereocenters. The summed E-state index contributed by atoms with van der Waals surface area (Å²) in [6, 6.07) is 11.2. The monoisotopic (exact) mass is 469 g/mol. The Morgan fingerprint density at radius 1 is 1.13 bits per heavy atom. The fraction of sp³-hybridized carbons (Fsp3) is 0.333. The number of urea groups is 1. The molecule has 30 heavy (non-hydrogen) atoms. The molecule has 2 atom stereocenters. The Labute approximate surface area is 190 Å². The maximum absolute atomic E-state index is 13.1. The minimum atomic E-state index is -0.719. The van der Waals surface area contributed by atoms with Gasteiger partial charge < -0.3 is 15.0 Å². The van der Waals surface area contributed by atoms with Crippen LogP contribution >= 0.6 is 34.8 Å². The molecule has 1 N–H and O–H groups in total. The summed E-state index contributed by atoms with van der Waals surface area (Å²) in [7, 11) is 1.70. The highest BCUT2D eigenvalue weighted by atomic mass is 35.5. The van der Waals surface area contributed by atoms with Crippen LogP contribution in [0.4, 0.5) is 4.79 Å². The van der Waals surface area contributed by atoms with E-state index in [-0.39, 0.29) is 19.2 Å². The van der Waals surface area contributed by atoms with Gasteiger partial charge in [-0.15, -0.1) is 0 Å². The Balaban J connectivity index is 1.64. The Morgan fingerprint density at radius 2 is 1.80 bits per heavy atom. The number of carbonyl (C=O) groups is 2. The average molecular weight is 471 g/mol. The minimum Gasteiger partial charge on any atom is -0.355 e. The first-order valence-corrected chi connectivity index (χ1v) is 10.5. The zero-order chi connectivity index (χ0) is 21.8. The fourth-order valence-electron chi connectivity index (χ4n) is 3.25. The first kappa shape index (κ1) is 22.7. The number of hydrogen-bond donors (Lipinski definition) is 1. The van der Waals surface area contributed by atoms with Crippen molar-refractivity contribution in [2.45, 2.75) is 32.2 Å². The normalized spacial score (nSPS) is 18.4. The molecule has 1 aliphatic rings. The van der Waals surface area contributed by atoms with Gasteiger partial charge in [0.05, 0.1) is 6.10 Å². The van der Waals surface area contributed by atoms with Gasteiger partial charge in [-0.3, -0.25) is 9.69 Å². The molecule has 1 fully saturated rings. The standard InChI is InChI=1S/C21H22Cl3N3O3/c1-13-19(20(28)26(2)11-14-3-6-16(22)7-4-14)27(12-30-13)21(29)25-10-15-5-8-17(23)9-18(15)24/h3-9,13,19H,10-12H2,1-2H3,(H,25,29)/t13-,19-/m1/s1. The van der Waals surface area contributed by atoms with Crippen LogP contribution in [0, 0.1) is 0 Å². The number of rotatable bonds is 5. The predicted octanol–water partition coefficient (Wildman–Crippen LogP) is 4.56. The molecule has 3 amide bonds. The number of likely N-dealkylation sites (N-methyl/N-ethyl adjacent to an activating group) is 1. The van der Waals surface area contributed by atoms with Crippen LogP contribution in [-0.4, -0.2) is 47.7 Å². The van der Waals surface area contributed by atoms with Gasteiger partial charge in [-0.2, -0.15) is 0 Å². The van der Waals surface area contributed by atoms with Crippen molar-refractivity contribution in [3.05, 3.63) is 68.7 Å². The molecule has 6 nitrogen and oxygen atoms in total. The second kappa shape index (κ2) is 9.88. The number of hydrogen-bond acceptors (Lipinski definition) is 3. The second-order valence-corrected chi connectivity index (χ2v) is 8.41. The van der Waals surface area contributed by atoms with Gasteiger partial charge in [0, 0.05) is 35.2 Å². The van der Waals surface area contributed by atoms with Crippen LogP contribution in [-0.2, 0) is 22.6 Å². The third-order valence-corrected chi connectivity index (χ3v) is 5.76. The highest BCUT2D eigenvalue weighted by Crippen LogP contribution is 2.23. The van der Waals surface area contributed by atoms with E-state index in [1.807, 2.05) is 12.1 Å². The molecule has 1 saturated heterocycles. The van der Waals surface area contributed by atoms with E-state index >= 15 is 0 Å². The van der Waals surface area contributed by atoms with Gasteiger partial charge in [0.25, 0.3) is 0 Å². The van der Waals surface area contributed by atoms with E-state index in [0.29, 0.717) is 21.6 Å². The van der Waals surface area contributed by atoms with Gasteiger partial charge >= 0.3 is 6.03 Å². The Kier molecular flexibility index (Phi) is 7.47. The van der Waals surface area contributed by atoms with E-state index in [9.17, 15) is 9.59 Å². The zero-order valence-electron chi connectivity index (χ0n) is 16.6. The quantitative estimate of drug-likeness (QED) is 0.697. The summed E-state index contributed by atoms with van der Waals surface area (Å²) in [5.41, 5.74) is 1.67. The van der Waals surface area contributed by atoms with E-state index in [1.54, 1.807) is 49.2 Å². The molecule has 9 heteroatoms. The highest BCUT2D eigenvalue weighted by Gasteiger charge is 2.41. The van der Waals surface area contributed by atoms with Gasteiger partial charge in [0.2, 0.25) is 5.91 Å². The molecule has 0 spiro atoms. The molecular weight excluding hydrogens is 449 g/mol. The summed E-state index contributed by atoms with van der Waals surface area (Å²) in [6.45, 7) is 2.42. The molecule has 2 aromatic rings. The lowest BCUT2D eigenvalue weighted by Crippen LogP contribution is -2.52. The molecule has 1 heterocycles. The third kappa shape index (κ3) is 5.38. The SMILES string of the molecule is C[C@H]1OCN(C(=O)NCc2ccc(Cl)cc2Cl)[C@H]1C(=O)N(C)Cc1ccc(Cl)cc1. The number of amides is 3. The summed E-state index contributed by atoms with van der Waals surface area (Å²) >= 11 is 18.0. The average Bonchev–Trinajstić information content (AvgIpc) is 3.09. The number of halogens is 3. The van der Waals surface area contributed by atoms with Crippen molar-refractivity contribution in [3.63, 3.8) is 0 Å². The summed E-state index contributed by atoms with van der Waals surface area (Å²) in [4.78, 5) is 28.8. The van der Waals surface area contributed by atoms with Crippen molar-refractivity contribution in [2.75, 3.05) is 13.8 Å². The fourth-order valence-corrected chi connectivity index (χ4v) is 3.85. The van der Waals surface area contributed by atoms with Crippen LogP contribution in [0.15, 0.2) is 42.5 Å². The summed E-state index contributed by atoms with van der Waals surface area (Å²) in [5.74, 6) is -0.199. The number of nitrogens with one attached hydrogen (secondary N) is 1. The lowest BCUT2D eigenvalue weighted by Gasteiger charge is -2.28. The van der Waals surface area contributed by atoms with Crippen LogP contribution in [0.25, 0.3) is 0 Å². The molecule has 1 aliphatic heterocycles. The maximum atomic E-state index is 13.1. The predicted molar refractivity (Wildman–Crippen MR) is 118 cm³/mol. The van der Waals surface area contributed by atoms with Crippen molar-refractivity contribution < 1.29 is 14.3 Å². The maximum Gasteiger partial charge on any atom is 0.320 e. The van der Waals surface area contributed by atoms with Gasteiger partial charge in [0.15, 0.2) is 0 Å². The Hall–Kier alpha value is -1.99. The first-order chi connectivity index (χ1) is 14.3. The molecule has 2 aromatic carbocycles. The molecule has 0 radical (unpaired) electrons. The van der Waals surface area contributed by atoms with Crippen molar-refractivity contribution in [1.29, 1.82) is 0 Å². The van der Waals surface area contributed by atoms with Crippen molar-refractivity contribution in [1.82, 2.24) is 15.1 Å². The molecule has 3 rings (SSSR count).